The molecule has 116 valence electrons. The van der Waals surface area contributed by atoms with E-state index >= 15 is 0 Å². The Hall–Kier alpha value is -2.95. The standard InChI is InChI=1S/C18H15NO4/c1-10(20)5-16(21)15-8-13-6-11-3-4-14(19-2)7-12(11)9-17(13)23-18(15)22/h3-4,6-9,19H,5H2,1-2H3. The molecule has 2 aromatic carbocycles. The third-order valence-corrected chi connectivity index (χ3v) is 3.69. The van der Waals surface area contributed by atoms with Crippen molar-refractivity contribution < 1.29 is 14.0 Å². The first kappa shape index (κ1) is 15.0. The zero-order chi connectivity index (χ0) is 16.6. The predicted molar refractivity (Wildman–Crippen MR) is 89.2 cm³/mol. The van der Waals surface area contributed by atoms with Crippen LogP contribution in [0.25, 0.3) is 21.7 Å². The summed E-state index contributed by atoms with van der Waals surface area (Å²) < 4.78 is 5.27. The fraction of sp³-hybridized carbons (Fsp3) is 0.167. The molecule has 5 nitrogen and oxygen atoms in total. The van der Waals surface area contributed by atoms with Crippen LogP contribution in [0.3, 0.4) is 0 Å². The molecule has 1 N–H and O–H groups in total. The average Bonchev–Trinajstić information content (AvgIpc) is 2.51. The number of carbonyl (C=O) groups is 2. The first-order chi connectivity index (χ1) is 11.0. The molecule has 5 heteroatoms. The van der Waals surface area contributed by atoms with Gasteiger partial charge >= 0.3 is 5.63 Å². The molecule has 1 aromatic heterocycles. The van der Waals surface area contributed by atoms with Crippen molar-refractivity contribution in [2.24, 2.45) is 0 Å². The third kappa shape index (κ3) is 2.85. The summed E-state index contributed by atoms with van der Waals surface area (Å²) in [5, 5.41) is 5.60. The lowest BCUT2D eigenvalue weighted by atomic mass is 10.0. The number of hydrogen-bond acceptors (Lipinski definition) is 5. The minimum atomic E-state index is -0.715. The molecule has 23 heavy (non-hydrogen) atoms. The molecule has 0 saturated heterocycles. The summed E-state index contributed by atoms with van der Waals surface area (Å²) in [4.78, 5) is 35.1. The molecule has 0 aliphatic rings. The van der Waals surface area contributed by atoms with Crippen LogP contribution in [0.15, 0.2) is 45.6 Å². The van der Waals surface area contributed by atoms with E-state index in [1.54, 1.807) is 6.07 Å². The van der Waals surface area contributed by atoms with Gasteiger partial charge in [0, 0.05) is 18.1 Å². The zero-order valence-corrected chi connectivity index (χ0v) is 12.8. The van der Waals surface area contributed by atoms with Gasteiger partial charge in [0.15, 0.2) is 5.78 Å². The van der Waals surface area contributed by atoms with Gasteiger partial charge in [-0.2, -0.15) is 0 Å². The number of anilines is 1. The minimum absolute atomic E-state index is 0.0844. The first-order valence-corrected chi connectivity index (χ1v) is 7.20. The van der Waals surface area contributed by atoms with Crippen molar-refractivity contribution in [2.45, 2.75) is 13.3 Å². The van der Waals surface area contributed by atoms with Gasteiger partial charge in [0.05, 0.1) is 6.42 Å². The average molecular weight is 309 g/mol. The van der Waals surface area contributed by atoms with E-state index in [2.05, 4.69) is 5.32 Å². The molecular weight excluding hydrogens is 294 g/mol. The topological polar surface area (TPSA) is 76.4 Å². The lowest BCUT2D eigenvalue weighted by Gasteiger charge is -2.05. The minimum Gasteiger partial charge on any atom is -0.422 e. The predicted octanol–water partition coefficient (Wildman–Crippen LogP) is 3.15. The summed E-state index contributed by atoms with van der Waals surface area (Å²) in [5.41, 5.74) is 0.564. The van der Waals surface area contributed by atoms with Crippen LogP contribution in [0.2, 0.25) is 0 Å². The Bertz CT molecular complexity index is 1000. The van der Waals surface area contributed by atoms with E-state index in [4.69, 9.17) is 4.42 Å². The number of fused-ring (bicyclic) bond motifs is 2. The van der Waals surface area contributed by atoms with Crippen LogP contribution < -0.4 is 10.9 Å². The Morgan fingerprint density at radius 2 is 1.83 bits per heavy atom. The van der Waals surface area contributed by atoms with Crippen LogP contribution in [-0.4, -0.2) is 18.6 Å². The van der Waals surface area contributed by atoms with E-state index in [-0.39, 0.29) is 17.8 Å². The third-order valence-electron chi connectivity index (χ3n) is 3.69. The van der Waals surface area contributed by atoms with Crippen molar-refractivity contribution in [3.63, 3.8) is 0 Å². The van der Waals surface area contributed by atoms with E-state index in [1.807, 2.05) is 31.3 Å². The molecule has 0 bridgehead atoms. The van der Waals surface area contributed by atoms with E-state index in [0.29, 0.717) is 11.0 Å². The Morgan fingerprint density at radius 3 is 2.52 bits per heavy atom. The molecule has 0 spiro atoms. The maximum atomic E-state index is 12.0. The van der Waals surface area contributed by atoms with Crippen molar-refractivity contribution in [1.82, 2.24) is 0 Å². The Kier molecular flexibility index (Phi) is 3.70. The van der Waals surface area contributed by atoms with Crippen LogP contribution >= 0.6 is 0 Å². The molecule has 0 radical (unpaired) electrons. The fourth-order valence-electron chi connectivity index (χ4n) is 2.54. The van der Waals surface area contributed by atoms with Crippen molar-refractivity contribution in [3.05, 3.63) is 52.4 Å². The SMILES string of the molecule is CNc1ccc2cc3cc(C(=O)CC(C)=O)c(=O)oc3cc2c1. The molecule has 0 aliphatic carbocycles. The zero-order valence-electron chi connectivity index (χ0n) is 12.8. The number of carbonyl (C=O) groups excluding carboxylic acids is 2. The maximum Gasteiger partial charge on any atom is 0.347 e. The van der Waals surface area contributed by atoms with Crippen molar-refractivity contribution in [1.29, 1.82) is 0 Å². The second kappa shape index (κ2) is 5.68. The highest BCUT2D eigenvalue weighted by atomic mass is 16.4. The second-order valence-electron chi connectivity index (χ2n) is 5.45. The smallest absolute Gasteiger partial charge is 0.347 e. The highest BCUT2D eigenvalue weighted by molar-refractivity contribution is 6.08. The van der Waals surface area contributed by atoms with Crippen LogP contribution in [0.4, 0.5) is 5.69 Å². The normalized spacial score (nSPS) is 10.9. The van der Waals surface area contributed by atoms with Crippen molar-refractivity contribution in [2.75, 3.05) is 12.4 Å². The fourth-order valence-corrected chi connectivity index (χ4v) is 2.54. The molecule has 0 saturated carbocycles. The van der Waals surface area contributed by atoms with E-state index in [1.165, 1.54) is 13.0 Å². The molecule has 0 amide bonds. The Balaban J connectivity index is 2.19. The lowest BCUT2D eigenvalue weighted by molar-refractivity contribution is -0.116. The molecular formula is C18H15NO4. The monoisotopic (exact) mass is 309 g/mol. The van der Waals surface area contributed by atoms with Crippen molar-refractivity contribution >= 4 is 39.0 Å². The number of nitrogens with one attached hydrogen (secondary N) is 1. The number of ketones is 2. The lowest BCUT2D eigenvalue weighted by Crippen LogP contribution is -2.15. The summed E-state index contributed by atoms with van der Waals surface area (Å²) in [6.07, 6.45) is -0.296. The van der Waals surface area contributed by atoms with Crippen LogP contribution in [-0.2, 0) is 4.79 Å². The van der Waals surface area contributed by atoms with Gasteiger partial charge in [-0.15, -0.1) is 0 Å². The molecule has 3 rings (SSSR count). The molecule has 1 heterocycles. The van der Waals surface area contributed by atoms with Gasteiger partial charge < -0.3 is 9.73 Å². The molecule has 3 aromatic rings. The van der Waals surface area contributed by atoms with Crippen LogP contribution in [0.5, 0.6) is 0 Å². The van der Waals surface area contributed by atoms with E-state index in [0.717, 1.165) is 16.5 Å². The molecule has 0 aliphatic heterocycles. The summed E-state index contributed by atoms with van der Waals surface area (Å²) in [5.74, 6) is -0.800. The summed E-state index contributed by atoms with van der Waals surface area (Å²) in [6, 6.07) is 11.0. The highest BCUT2D eigenvalue weighted by Crippen LogP contribution is 2.25. The first-order valence-electron chi connectivity index (χ1n) is 7.20. The Labute approximate surface area is 131 Å². The van der Waals surface area contributed by atoms with Gasteiger partial charge in [0.25, 0.3) is 0 Å². The molecule has 0 atom stereocenters. The molecule has 0 unspecified atom stereocenters. The van der Waals surface area contributed by atoms with E-state index in [9.17, 15) is 14.4 Å². The Morgan fingerprint density at radius 1 is 1.04 bits per heavy atom. The van der Waals surface area contributed by atoms with Gasteiger partial charge in [-0.05, 0) is 48.0 Å². The number of Topliss-reactive ketones (excluding diaryl/α,β-unsaturated/α-hetero) is 2. The second-order valence-corrected chi connectivity index (χ2v) is 5.45. The van der Waals surface area contributed by atoms with Gasteiger partial charge in [-0.1, -0.05) is 6.07 Å². The number of hydrogen-bond donors (Lipinski definition) is 1. The van der Waals surface area contributed by atoms with Crippen LogP contribution in [0.1, 0.15) is 23.7 Å². The van der Waals surface area contributed by atoms with Crippen molar-refractivity contribution in [3.8, 4) is 0 Å². The van der Waals surface area contributed by atoms with Crippen LogP contribution in [0, 0.1) is 0 Å². The van der Waals surface area contributed by atoms with Gasteiger partial charge in [-0.3, -0.25) is 9.59 Å². The summed E-state index contributed by atoms with van der Waals surface area (Å²) >= 11 is 0. The van der Waals surface area contributed by atoms with Gasteiger partial charge in [-0.25, -0.2) is 4.79 Å². The quantitative estimate of drug-likeness (QED) is 0.347. The maximum absolute atomic E-state index is 12.0. The summed E-state index contributed by atoms with van der Waals surface area (Å²) in [7, 11) is 1.83. The summed E-state index contributed by atoms with van der Waals surface area (Å²) in [6.45, 7) is 1.31. The van der Waals surface area contributed by atoms with E-state index < -0.39 is 11.4 Å². The van der Waals surface area contributed by atoms with Gasteiger partial charge in [0.2, 0.25) is 0 Å². The highest BCUT2D eigenvalue weighted by Gasteiger charge is 2.15. The number of rotatable bonds is 4. The molecule has 0 fully saturated rings. The van der Waals surface area contributed by atoms with Gasteiger partial charge in [0.1, 0.15) is 16.9 Å². The largest absolute Gasteiger partial charge is 0.422 e. The number of benzene rings is 2.